The van der Waals surface area contributed by atoms with Gasteiger partial charge in [-0.1, -0.05) is 23.9 Å². The molecule has 0 saturated heterocycles. The predicted molar refractivity (Wildman–Crippen MR) is 71.4 cm³/mol. The van der Waals surface area contributed by atoms with E-state index in [1.54, 1.807) is 13.2 Å². The Hall–Kier alpha value is -1.52. The Bertz CT molecular complexity index is 545. The number of nitrogens with two attached hydrogens (primary N) is 1. The number of hydrogen-bond donors (Lipinski definition) is 1. The van der Waals surface area contributed by atoms with Crippen LogP contribution < -0.4 is 10.5 Å². The largest absolute Gasteiger partial charge is 0.497 e. The van der Waals surface area contributed by atoms with E-state index in [4.69, 9.17) is 10.5 Å². The summed E-state index contributed by atoms with van der Waals surface area (Å²) in [6, 6.07) is 12.2. The molecule has 0 unspecified atom stereocenters. The number of halogens is 1. The second-order valence-electron chi connectivity index (χ2n) is 3.74. The molecule has 2 aromatic rings. The maximum Gasteiger partial charge on any atom is 0.124 e. The zero-order chi connectivity index (χ0) is 13.0. The van der Waals surface area contributed by atoms with Crippen molar-refractivity contribution in [1.82, 2.24) is 0 Å². The summed E-state index contributed by atoms with van der Waals surface area (Å²) in [7, 11) is 1.62. The molecule has 2 rings (SSSR count). The van der Waals surface area contributed by atoms with Crippen molar-refractivity contribution in [3.63, 3.8) is 0 Å². The van der Waals surface area contributed by atoms with E-state index in [1.165, 1.54) is 23.9 Å². The van der Waals surface area contributed by atoms with Crippen LogP contribution in [0.2, 0.25) is 0 Å². The number of ether oxygens (including phenoxy) is 1. The lowest BCUT2D eigenvalue weighted by atomic mass is 10.2. The van der Waals surface area contributed by atoms with Gasteiger partial charge in [0, 0.05) is 16.3 Å². The van der Waals surface area contributed by atoms with Crippen molar-refractivity contribution in [3.05, 3.63) is 53.8 Å². The Morgan fingerprint density at radius 1 is 1.22 bits per heavy atom. The molecule has 18 heavy (non-hydrogen) atoms. The van der Waals surface area contributed by atoms with Gasteiger partial charge in [-0.2, -0.15) is 0 Å². The lowest BCUT2D eigenvalue weighted by molar-refractivity contribution is 0.413. The molecule has 94 valence electrons. The zero-order valence-corrected chi connectivity index (χ0v) is 10.8. The lowest BCUT2D eigenvalue weighted by Gasteiger charge is -2.09. The minimum atomic E-state index is -0.239. The van der Waals surface area contributed by atoms with Crippen molar-refractivity contribution < 1.29 is 9.13 Å². The fraction of sp³-hybridized carbons (Fsp3) is 0.143. The highest BCUT2D eigenvalue weighted by molar-refractivity contribution is 7.99. The monoisotopic (exact) mass is 263 g/mol. The van der Waals surface area contributed by atoms with Gasteiger partial charge in [-0.15, -0.1) is 0 Å². The van der Waals surface area contributed by atoms with Crippen LogP contribution in [0.15, 0.2) is 52.3 Å². The van der Waals surface area contributed by atoms with Crippen LogP contribution in [0.3, 0.4) is 0 Å². The standard InChI is InChI=1S/C14H14FNOS/c1-17-12-6-5-10(9-16)14(8-12)18-13-4-2-3-11(15)7-13/h2-8H,9,16H2,1H3. The molecule has 2 N–H and O–H groups in total. The van der Waals surface area contributed by atoms with Crippen molar-refractivity contribution in [2.75, 3.05) is 7.11 Å². The van der Waals surface area contributed by atoms with Crippen LogP contribution in [0.4, 0.5) is 4.39 Å². The van der Waals surface area contributed by atoms with E-state index in [0.29, 0.717) is 6.54 Å². The third kappa shape index (κ3) is 3.03. The molecule has 0 aliphatic rings. The fourth-order valence-electron chi connectivity index (χ4n) is 1.58. The van der Waals surface area contributed by atoms with Gasteiger partial charge in [-0.25, -0.2) is 4.39 Å². The molecule has 0 aliphatic heterocycles. The number of hydrogen-bond acceptors (Lipinski definition) is 3. The average molecular weight is 263 g/mol. The molecule has 0 aromatic heterocycles. The van der Waals surface area contributed by atoms with E-state index in [0.717, 1.165) is 21.1 Å². The second-order valence-corrected chi connectivity index (χ2v) is 4.85. The molecule has 4 heteroatoms. The molecular formula is C14H14FNOS. The molecule has 0 saturated carbocycles. The Balaban J connectivity index is 2.32. The van der Waals surface area contributed by atoms with Gasteiger partial charge < -0.3 is 10.5 Å². The van der Waals surface area contributed by atoms with Crippen molar-refractivity contribution in [3.8, 4) is 5.75 Å². The minimum Gasteiger partial charge on any atom is -0.497 e. The first-order valence-electron chi connectivity index (χ1n) is 5.53. The van der Waals surface area contributed by atoms with Gasteiger partial charge in [0.1, 0.15) is 11.6 Å². The van der Waals surface area contributed by atoms with Crippen molar-refractivity contribution >= 4 is 11.8 Å². The minimum absolute atomic E-state index is 0.239. The van der Waals surface area contributed by atoms with E-state index >= 15 is 0 Å². The first-order valence-corrected chi connectivity index (χ1v) is 6.35. The summed E-state index contributed by atoms with van der Waals surface area (Å²) in [5.41, 5.74) is 6.72. The summed E-state index contributed by atoms with van der Waals surface area (Å²) >= 11 is 1.48. The third-order valence-corrected chi connectivity index (χ3v) is 3.61. The Kier molecular flexibility index (Phi) is 4.23. The van der Waals surface area contributed by atoms with Crippen LogP contribution in [0.5, 0.6) is 5.75 Å². The summed E-state index contributed by atoms with van der Waals surface area (Å²) in [6.07, 6.45) is 0. The van der Waals surface area contributed by atoms with Crippen LogP contribution in [0, 0.1) is 5.82 Å². The van der Waals surface area contributed by atoms with E-state index in [2.05, 4.69) is 0 Å². The highest BCUT2D eigenvalue weighted by Crippen LogP contribution is 2.33. The molecule has 0 fully saturated rings. The van der Waals surface area contributed by atoms with Crippen molar-refractivity contribution in [2.24, 2.45) is 5.73 Å². The summed E-state index contributed by atoms with van der Waals surface area (Å²) in [6.45, 7) is 0.446. The number of benzene rings is 2. The highest BCUT2D eigenvalue weighted by Gasteiger charge is 2.06. The van der Waals surface area contributed by atoms with Gasteiger partial charge in [-0.3, -0.25) is 0 Å². The van der Waals surface area contributed by atoms with Gasteiger partial charge in [0.05, 0.1) is 7.11 Å². The molecule has 0 radical (unpaired) electrons. The van der Waals surface area contributed by atoms with Gasteiger partial charge >= 0.3 is 0 Å². The van der Waals surface area contributed by atoms with Gasteiger partial charge in [0.2, 0.25) is 0 Å². The number of rotatable bonds is 4. The third-order valence-electron chi connectivity index (χ3n) is 2.52. The Morgan fingerprint density at radius 2 is 2.06 bits per heavy atom. The molecule has 2 nitrogen and oxygen atoms in total. The Morgan fingerprint density at radius 3 is 2.72 bits per heavy atom. The number of methoxy groups -OCH3 is 1. The zero-order valence-electron chi connectivity index (χ0n) is 10.0. The summed E-state index contributed by atoms with van der Waals surface area (Å²) in [4.78, 5) is 1.83. The smallest absolute Gasteiger partial charge is 0.124 e. The fourth-order valence-corrected chi connectivity index (χ4v) is 2.61. The van der Waals surface area contributed by atoms with E-state index in [9.17, 15) is 4.39 Å². The average Bonchev–Trinajstić information content (AvgIpc) is 2.38. The van der Waals surface area contributed by atoms with Crippen molar-refractivity contribution in [2.45, 2.75) is 16.3 Å². The molecule has 0 atom stereocenters. The SMILES string of the molecule is COc1ccc(CN)c(Sc2cccc(F)c2)c1. The van der Waals surface area contributed by atoms with Crippen molar-refractivity contribution in [1.29, 1.82) is 0 Å². The molecule has 0 aliphatic carbocycles. The Labute approximate surface area is 110 Å². The molecule has 0 heterocycles. The second kappa shape index (κ2) is 5.89. The summed E-state index contributed by atoms with van der Waals surface area (Å²) in [5, 5.41) is 0. The molecular weight excluding hydrogens is 249 g/mol. The normalized spacial score (nSPS) is 10.4. The first-order chi connectivity index (χ1) is 8.72. The van der Waals surface area contributed by atoms with Crippen LogP contribution in [0.1, 0.15) is 5.56 Å². The van der Waals surface area contributed by atoms with Gasteiger partial charge in [0.25, 0.3) is 0 Å². The van der Waals surface area contributed by atoms with E-state index in [1.807, 2.05) is 24.3 Å². The molecule has 0 amide bonds. The lowest BCUT2D eigenvalue weighted by Crippen LogP contribution is -1.98. The maximum atomic E-state index is 13.1. The highest BCUT2D eigenvalue weighted by atomic mass is 32.2. The topological polar surface area (TPSA) is 35.2 Å². The quantitative estimate of drug-likeness (QED) is 0.917. The van der Waals surface area contributed by atoms with Gasteiger partial charge in [0.15, 0.2) is 0 Å². The van der Waals surface area contributed by atoms with Crippen LogP contribution in [-0.4, -0.2) is 7.11 Å². The maximum absolute atomic E-state index is 13.1. The first kappa shape index (κ1) is 12.9. The van der Waals surface area contributed by atoms with E-state index < -0.39 is 0 Å². The van der Waals surface area contributed by atoms with E-state index in [-0.39, 0.29) is 5.82 Å². The molecule has 0 bridgehead atoms. The predicted octanol–water partition coefficient (Wildman–Crippen LogP) is 3.44. The summed E-state index contributed by atoms with van der Waals surface area (Å²) in [5.74, 6) is 0.531. The van der Waals surface area contributed by atoms with Crippen LogP contribution >= 0.6 is 11.8 Å². The van der Waals surface area contributed by atoms with Crippen LogP contribution in [-0.2, 0) is 6.54 Å². The van der Waals surface area contributed by atoms with Gasteiger partial charge in [-0.05, 0) is 35.9 Å². The van der Waals surface area contributed by atoms with Crippen LogP contribution in [0.25, 0.3) is 0 Å². The molecule has 0 spiro atoms. The summed E-state index contributed by atoms with van der Waals surface area (Å²) < 4.78 is 18.3. The molecule has 2 aromatic carbocycles.